The molecule has 1 saturated heterocycles. The van der Waals surface area contributed by atoms with Gasteiger partial charge in [-0.2, -0.15) is 0 Å². The molecule has 2 unspecified atom stereocenters. The molecule has 1 fully saturated rings. The predicted molar refractivity (Wildman–Crippen MR) is 114 cm³/mol. The molecule has 0 radical (unpaired) electrons. The van der Waals surface area contributed by atoms with E-state index in [1.807, 2.05) is 12.1 Å². The van der Waals surface area contributed by atoms with Crippen molar-refractivity contribution in [2.24, 2.45) is 16.8 Å². The third-order valence-electron chi connectivity index (χ3n) is 5.52. The molecule has 146 valence electrons. The Hall–Kier alpha value is -2.82. The van der Waals surface area contributed by atoms with E-state index >= 15 is 0 Å². The van der Waals surface area contributed by atoms with Gasteiger partial charge in [-0.1, -0.05) is 19.9 Å². The number of aryl methyl sites for hydroxylation is 1. The summed E-state index contributed by atoms with van der Waals surface area (Å²) >= 11 is 0. The molecule has 28 heavy (non-hydrogen) atoms. The first-order chi connectivity index (χ1) is 13.4. The second-order valence-corrected chi connectivity index (χ2v) is 8.13. The zero-order chi connectivity index (χ0) is 19.8. The van der Waals surface area contributed by atoms with E-state index < -0.39 is 0 Å². The maximum atomic E-state index is 14.2. The fourth-order valence-corrected chi connectivity index (χ4v) is 4.41. The Morgan fingerprint density at radius 1 is 1.18 bits per heavy atom. The molecular formula is C23H26FN3O. The number of hydrogen-bond donors (Lipinski definition) is 2. The van der Waals surface area contributed by atoms with Crippen molar-refractivity contribution >= 4 is 28.5 Å². The number of aromatic hydroxyl groups is 1. The van der Waals surface area contributed by atoms with Crippen molar-refractivity contribution in [2.45, 2.75) is 27.2 Å². The number of aromatic amines is 1. The van der Waals surface area contributed by atoms with Gasteiger partial charge in [0.25, 0.3) is 0 Å². The van der Waals surface area contributed by atoms with Gasteiger partial charge in [-0.25, -0.2) is 4.39 Å². The number of rotatable bonds is 3. The maximum absolute atomic E-state index is 14.2. The molecule has 0 spiro atoms. The lowest BCUT2D eigenvalue weighted by atomic mass is 9.91. The van der Waals surface area contributed by atoms with Gasteiger partial charge in [0.1, 0.15) is 5.82 Å². The first kappa shape index (κ1) is 18.5. The summed E-state index contributed by atoms with van der Waals surface area (Å²) in [5, 5.41) is 10.5. The SMILES string of the molecule is Cc1cc(N=Cc2c(O)[nH]c3cccc(F)c23)ccc1N1CC(C)CC(C)C1. The molecule has 2 heterocycles. The average Bonchev–Trinajstić information content (AvgIpc) is 2.95. The number of aromatic nitrogens is 1. The van der Waals surface area contributed by atoms with Gasteiger partial charge < -0.3 is 15.0 Å². The summed E-state index contributed by atoms with van der Waals surface area (Å²) in [6.07, 6.45) is 2.80. The number of benzene rings is 2. The normalized spacial score (nSPS) is 20.4. The standard InChI is InChI=1S/C23H26FN3O/c1-14-9-15(2)13-27(12-14)21-8-7-17(10-16(21)3)25-11-18-22-19(24)5-4-6-20(22)26-23(18)28/h4-8,10-11,14-15,26,28H,9,12-13H2,1-3H3. The van der Waals surface area contributed by atoms with Crippen LogP contribution in [-0.2, 0) is 0 Å². The van der Waals surface area contributed by atoms with Crippen molar-refractivity contribution in [3.05, 3.63) is 53.3 Å². The van der Waals surface area contributed by atoms with Crippen molar-refractivity contribution in [1.82, 2.24) is 4.98 Å². The van der Waals surface area contributed by atoms with Crippen LogP contribution in [0.25, 0.3) is 10.9 Å². The second-order valence-electron chi connectivity index (χ2n) is 8.13. The molecule has 1 aliphatic heterocycles. The van der Waals surface area contributed by atoms with Crippen molar-refractivity contribution in [3.8, 4) is 5.88 Å². The van der Waals surface area contributed by atoms with Gasteiger partial charge in [0.05, 0.1) is 16.8 Å². The molecule has 2 aromatic carbocycles. The summed E-state index contributed by atoms with van der Waals surface area (Å²) in [5.41, 5.74) is 4.13. The van der Waals surface area contributed by atoms with E-state index in [9.17, 15) is 9.50 Å². The zero-order valence-electron chi connectivity index (χ0n) is 16.5. The lowest BCUT2D eigenvalue weighted by Gasteiger charge is -2.37. The number of H-pyrrole nitrogens is 1. The van der Waals surface area contributed by atoms with E-state index in [4.69, 9.17) is 0 Å². The Morgan fingerprint density at radius 3 is 2.64 bits per heavy atom. The molecule has 0 aliphatic carbocycles. The molecule has 2 atom stereocenters. The quantitative estimate of drug-likeness (QED) is 0.586. The highest BCUT2D eigenvalue weighted by atomic mass is 19.1. The monoisotopic (exact) mass is 379 g/mol. The number of hydrogen-bond acceptors (Lipinski definition) is 3. The highest BCUT2D eigenvalue weighted by Crippen LogP contribution is 2.32. The lowest BCUT2D eigenvalue weighted by Crippen LogP contribution is -2.39. The molecule has 4 rings (SSSR count). The van der Waals surface area contributed by atoms with Gasteiger partial charge in [0, 0.05) is 30.4 Å². The van der Waals surface area contributed by atoms with E-state index in [1.165, 1.54) is 30.0 Å². The Kier molecular flexibility index (Phi) is 4.84. The summed E-state index contributed by atoms with van der Waals surface area (Å²) in [6, 6.07) is 10.9. The highest BCUT2D eigenvalue weighted by Gasteiger charge is 2.23. The molecule has 1 aromatic heterocycles. The summed E-state index contributed by atoms with van der Waals surface area (Å²) in [4.78, 5) is 9.74. The molecule has 0 bridgehead atoms. The number of halogens is 1. The topological polar surface area (TPSA) is 51.6 Å². The van der Waals surface area contributed by atoms with Crippen LogP contribution in [0.2, 0.25) is 0 Å². The molecule has 1 aliphatic rings. The summed E-state index contributed by atoms with van der Waals surface area (Å²) in [5.74, 6) is 0.935. The molecule has 3 aromatic rings. The summed E-state index contributed by atoms with van der Waals surface area (Å²) in [6.45, 7) is 8.88. The number of fused-ring (bicyclic) bond motifs is 1. The molecule has 2 N–H and O–H groups in total. The number of anilines is 1. The predicted octanol–water partition coefficient (Wildman–Crippen LogP) is 5.55. The molecule has 0 saturated carbocycles. The van der Waals surface area contributed by atoms with Gasteiger partial charge in [0.15, 0.2) is 5.88 Å². The van der Waals surface area contributed by atoms with E-state index in [0.29, 0.717) is 28.3 Å². The second kappa shape index (κ2) is 7.30. The van der Waals surface area contributed by atoms with Gasteiger partial charge in [-0.15, -0.1) is 0 Å². The third kappa shape index (κ3) is 3.49. The van der Waals surface area contributed by atoms with Gasteiger partial charge in [0.2, 0.25) is 0 Å². The first-order valence-corrected chi connectivity index (χ1v) is 9.81. The van der Waals surface area contributed by atoms with Crippen LogP contribution in [0.3, 0.4) is 0 Å². The van der Waals surface area contributed by atoms with Crippen molar-refractivity contribution in [2.75, 3.05) is 18.0 Å². The minimum Gasteiger partial charge on any atom is -0.494 e. The summed E-state index contributed by atoms with van der Waals surface area (Å²) in [7, 11) is 0. The highest BCUT2D eigenvalue weighted by molar-refractivity contribution is 6.02. The Bertz CT molecular complexity index is 1030. The van der Waals surface area contributed by atoms with Crippen LogP contribution in [-0.4, -0.2) is 29.4 Å². The first-order valence-electron chi connectivity index (χ1n) is 9.81. The van der Waals surface area contributed by atoms with Crippen LogP contribution >= 0.6 is 0 Å². The van der Waals surface area contributed by atoms with Crippen molar-refractivity contribution in [1.29, 1.82) is 0 Å². The van der Waals surface area contributed by atoms with Crippen LogP contribution in [0.15, 0.2) is 41.4 Å². The van der Waals surface area contributed by atoms with E-state index in [-0.39, 0.29) is 11.7 Å². The lowest BCUT2D eigenvalue weighted by molar-refractivity contribution is 0.356. The van der Waals surface area contributed by atoms with Gasteiger partial charge >= 0.3 is 0 Å². The summed E-state index contributed by atoms with van der Waals surface area (Å²) < 4.78 is 14.2. The number of nitrogens with zero attached hydrogens (tertiary/aromatic N) is 2. The average molecular weight is 379 g/mol. The molecule has 4 nitrogen and oxygen atoms in total. The zero-order valence-corrected chi connectivity index (χ0v) is 16.5. The minimum absolute atomic E-state index is 0.0755. The third-order valence-corrected chi connectivity index (χ3v) is 5.52. The van der Waals surface area contributed by atoms with E-state index in [0.717, 1.165) is 18.8 Å². The van der Waals surface area contributed by atoms with Crippen LogP contribution in [0.4, 0.5) is 15.8 Å². The van der Waals surface area contributed by atoms with Crippen LogP contribution in [0.5, 0.6) is 5.88 Å². The number of piperidine rings is 1. The molecular weight excluding hydrogens is 353 g/mol. The molecule has 0 amide bonds. The van der Waals surface area contributed by atoms with Crippen molar-refractivity contribution < 1.29 is 9.50 Å². The molecule has 5 heteroatoms. The van der Waals surface area contributed by atoms with Crippen LogP contribution in [0.1, 0.15) is 31.4 Å². The van der Waals surface area contributed by atoms with Crippen LogP contribution in [0, 0.1) is 24.6 Å². The van der Waals surface area contributed by atoms with Crippen LogP contribution < -0.4 is 4.90 Å². The fourth-order valence-electron chi connectivity index (χ4n) is 4.41. The van der Waals surface area contributed by atoms with E-state index in [2.05, 4.69) is 41.7 Å². The van der Waals surface area contributed by atoms with E-state index in [1.54, 1.807) is 12.1 Å². The fraction of sp³-hybridized carbons (Fsp3) is 0.348. The minimum atomic E-state index is -0.379. The Balaban J connectivity index is 1.62. The maximum Gasteiger partial charge on any atom is 0.198 e. The smallest absolute Gasteiger partial charge is 0.198 e. The number of nitrogens with one attached hydrogen (secondary N) is 1. The van der Waals surface area contributed by atoms with Gasteiger partial charge in [-0.3, -0.25) is 4.99 Å². The Morgan fingerprint density at radius 2 is 1.93 bits per heavy atom. The largest absolute Gasteiger partial charge is 0.494 e. The van der Waals surface area contributed by atoms with Crippen molar-refractivity contribution in [3.63, 3.8) is 0 Å². The number of aliphatic imine (C=N–C) groups is 1. The Labute approximate surface area is 164 Å². The van der Waals surface area contributed by atoms with Gasteiger partial charge in [-0.05, 0) is 61.1 Å².